The number of piperidine rings is 2. The molecule has 8 amide bonds. The highest BCUT2D eigenvalue weighted by molar-refractivity contribution is 7.92. The van der Waals surface area contributed by atoms with Crippen LogP contribution >= 0.6 is 0 Å². The molecule has 4 aromatic rings. The van der Waals surface area contributed by atoms with Crippen molar-refractivity contribution in [2.24, 2.45) is 9.98 Å². The van der Waals surface area contributed by atoms with Crippen molar-refractivity contribution in [1.29, 1.82) is 0 Å². The molecule has 0 saturated carbocycles. The molecule has 4 N–H and O–H groups in total. The molecule has 4 aromatic carbocycles. The lowest BCUT2D eigenvalue weighted by Gasteiger charge is -2.34. The Hall–Kier alpha value is -7.82. The van der Waals surface area contributed by atoms with Crippen LogP contribution < -0.4 is 31.1 Å². The molecule has 458 valence electrons. The van der Waals surface area contributed by atoms with Crippen LogP contribution in [0.1, 0.15) is 109 Å². The number of rotatable bonds is 11. The minimum absolute atomic E-state index is 0.0104. The molecule has 4 saturated heterocycles. The Morgan fingerprint density at radius 1 is 0.535 bits per heavy atom. The van der Waals surface area contributed by atoms with Crippen LogP contribution in [-0.2, 0) is 58.0 Å². The highest BCUT2D eigenvalue weighted by Gasteiger charge is 2.51. The number of amidine groups is 2. The van der Waals surface area contributed by atoms with Crippen molar-refractivity contribution in [3.8, 4) is 0 Å². The van der Waals surface area contributed by atoms with Crippen molar-refractivity contribution in [2.75, 3.05) is 41.7 Å². The molecule has 4 fully saturated rings. The molecular formula is C58H62F6N10O10S2. The summed E-state index contributed by atoms with van der Waals surface area (Å²) in [7, 11) is -7.62. The van der Waals surface area contributed by atoms with E-state index in [0.717, 1.165) is 46.4 Å². The summed E-state index contributed by atoms with van der Waals surface area (Å²) < 4.78 is 135. The van der Waals surface area contributed by atoms with Crippen LogP contribution in [0.3, 0.4) is 0 Å². The summed E-state index contributed by atoms with van der Waals surface area (Å²) in [5.74, 6) is -1.87. The lowest BCUT2D eigenvalue weighted by Crippen LogP contribution is -2.50. The van der Waals surface area contributed by atoms with Gasteiger partial charge in [0.2, 0.25) is 20.0 Å². The fourth-order valence-corrected chi connectivity index (χ4v) is 14.2. The molecule has 0 radical (unpaired) electrons. The molecule has 6 aliphatic rings. The van der Waals surface area contributed by atoms with E-state index in [-0.39, 0.29) is 86.8 Å². The Bertz CT molecular complexity index is 3820. The molecule has 0 aliphatic carbocycles. The van der Waals surface area contributed by atoms with E-state index < -0.39 is 101 Å². The number of benzene rings is 4. The van der Waals surface area contributed by atoms with Crippen molar-refractivity contribution < 1.29 is 71.9 Å². The van der Waals surface area contributed by atoms with Gasteiger partial charge in [-0.1, -0.05) is 24.3 Å². The zero-order valence-electron chi connectivity index (χ0n) is 48.0. The topological polar surface area (TPSA) is 256 Å². The van der Waals surface area contributed by atoms with Gasteiger partial charge in [0.25, 0.3) is 23.6 Å². The first-order chi connectivity index (χ1) is 39.9. The van der Waals surface area contributed by atoms with E-state index >= 15 is 0 Å². The van der Waals surface area contributed by atoms with Gasteiger partial charge in [-0.2, -0.15) is 30.6 Å². The molecule has 0 bridgehead atoms. The van der Waals surface area contributed by atoms with Gasteiger partial charge < -0.3 is 10.6 Å². The van der Waals surface area contributed by atoms with E-state index in [1.54, 1.807) is 65.8 Å². The summed E-state index contributed by atoms with van der Waals surface area (Å²) in [4.78, 5) is 86.7. The average molecular weight is 1240 g/mol. The molecule has 86 heavy (non-hydrogen) atoms. The Kier molecular flexibility index (Phi) is 16.2. The summed E-state index contributed by atoms with van der Waals surface area (Å²) >= 11 is 0. The van der Waals surface area contributed by atoms with Crippen molar-refractivity contribution >= 4 is 84.9 Å². The fourth-order valence-electron chi connectivity index (χ4n) is 11.6. The zero-order valence-corrected chi connectivity index (χ0v) is 49.6. The third-order valence-corrected chi connectivity index (χ3v) is 20.0. The number of hydrogen-bond acceptors (Lipinski definition) is 12. The molecule has 0 atom stereocenters. The summed E-state index contributed by atoms with van der Waals surface area (Å²) in [6.07, 6.45) is -7.09. The summed E-state index contributed by atoms with van der Waals surface area (Å²) in [5.41, 5.74) is -0.683. The first-order valence-electron chi connectivity index (χ1n) is 27.3. The highest BCUT2D eigenvalue weighted by Crippen LogP contribution is 2.39. The maximum atomic E-state index is 13.3. The van der Waals surface area contributed by atoms with Crippen LogP contribution in [0.15, 0.2) is 88.2 Å². The van der Waals surface area contributed by atoms with Crippen LogP contribution in [0.25, 0.3) is 6.08 Å². The van der Waals surface area contributed by atoms with Gasteiger partial charge in [-0.05, 0) is 175 Å². The summed E-state index contributed by atoms with van der Waals surface area (Å²) in [6.45, 7) is 13.8. The summed E-state index contributed by atoms with van der Waals surface area (Å²) in [5, 5.41) is 10.9. The van der Waals surface area contributed by atoms with Gasteiger partial charge in [-0.25, -0.2) is 30.7 Å². The number of hydrogen-bond donors (Lipinski definition) is 4. The van der Waals surface area contributed by atoms with Crippen molar-refractivity contribution in [3.63, 3.8) is 0 Å². The molecule has 0 aromatic heterocycles. The van der Waals surface area contributed by atoms with Gasteiger partial charge >= 0.3 is 24.4 Å². The lowest BCUT2D eigenvalue weighted by molar-refractivity contribution is -0.138. The number of amides is 8. The molecule has 10 rings (SSSR count). The predicted octanol–water partition coefficient (Wildman–Crippen LogP) is 7.31. The van der Waals surface area contributed by atoms with E-state index in [4.69, 9.17) is 0 Å². The minimum atomic E-state index is -4.55. The molecule has 28 heteroatoms. The molecule has 2 spiro atoms. The fraction of sp³-hybridized carbons (Fsp3) is 0.414. The monoisotopic (exact) mass is 1240 g/mol. The molecule has 6 aliphatic heterocycles. The number of imide groups is 2. The maximum absolute atomic E-state index is 13.3. The smallest absolute Gasteiger partial charge is 0.308 e. The van der Waals surface area contributed by atoms with Crippen LogP contribution in [0.2, 0.25) is 0 Å². The van der Waals surface area contributed by atoms with Gasteiger partial charge in [-0.15, -0.1) is 0 Å². The second-order valence-electron chi connectivity index (χ2n) is 23.1. The number of halogens is 6. The second kappa shape index (κ2) is 22.2. The average Bonchev–Trinajstić information content (AvgIpc) is 1.77. The van der Waals surface area contributed by atoms with E-state index in [2.05, 4.69) is 31.3 Å². The second-order valence-corrected chi connectivity index (χ2v) is 27.0. The van der Waals surface area contributed by atoms with E-state index in [9.17, 15) is 71.9 Å². The molecule has 0 unspecified atom stereocenters. The number of aryl methyl sites for hydroxylation is 4. The number of carbonyl (C=O) groups excluding carboxylic acids is 6. The van der Waals surface area contributed by atoms with Gasteiger partial charge in [0.1, 0.15) is 33.8 Å². The molecule has 20 nitrogen and oxygen atoms in total. The first-order valence-corrected chi connectivity index (χ1v) is 30.4. The molecule has 6 heterocycles. The molecular weight excluding hydrogens is 1170 g/mol. The van der Waals surface area contributed by atoms with Gasteiger partial charge in [0, 0.05) is 54.1 Å². The van der Waals surface area contributed by atoms with Gasteiger partial charge in [0.15, 0.2) is 0 Å². The van der Waals surface area contributed by atoms with Crippen LogP contribution in [0.5, 0.6) is 0 Å². The third kappa shape index (κ3) is 11.9. The van der Waals surface area contributed by atoms with Crippen LogP contribution in [0.4, 0.5) is 47.3 Å². The van der Waals surface area contributed by atoms with Gasteiger partial charge in [0.05, 0.1) is 16.9 Å². The Labute approximate surface area is 492 Å². The van der Waals surface area contributed by atoms with Crippen molar-refractivity contribution in [1.82, 2.24) is 29.9 Å². The number of aliphatic imine (C=N–C) groups is 2. The van der Waals surface area contributed by atoms with E-state index in [0.29, 0.717) is 28.1 Å². The number of alkyl halides is 6. The Morgan fingerprint density at radius 2 is 0.919 bits per heavy atom. The van der Waals surface area contributed by atoms with E-state index in [1.165, 1.54) is 48.8 Å². The highest BCUT2D eigenvalue weighted by atomic mass is 32.2. The standard InChI is InChI=1S/C29H32F3N5O5S.C29H30F3N5O5S/c2*1-17-14-21(37-26(40)34-24(38)27(37,3)4)15-18(2)22(17)8-13-43(41,42)36-11-9-28(10-12-36)25(39)33-23(35-28)19-6-5-7-20(16-19)29(30,31)32/h5-7,14-16H,8-13H2,1-4H3,(H,33,35,39)(H,34,38,40);5-8,13-16H,9-12H2,1-4H3,(H,33,35,39)(H,34,38,40)/b;13-8+. The zero-order chi connectivity index (χ0) is 63.1. The largest absolute Gasteiger partial charge is 0.416 e. The lowest BCUT2D eigenvalue weighted by atomic mass is 9.89. The normalized spacial score (nSPS) is 20.5. The predicted molar refractivity (Wildman–Crippen MR) is 307 cm³/mol. The third-order valence-electron chi connectivity index (χ3n) is 16.6. The van der Waals surface area contributed by atoms with Crippen molar-refractivity contribution in [2.45, 2.75) is 122 Å². The van der Waals surface area contributed by atoms with Crippen molar-refractivity contribution in [3.05, 3.63) is 134 Å². The SMILES string of the molecule is Cc1cc(N2C(=O)NC(=O)C2(C)C)cc(C)c1/C=C/S(=O)(=O)N1CCC2(CC1)N=C(c1cccc(C(F)(F)F)c1)NC2=O.Cc1cc(N2C(=O)NC(=O)C2(C)C)cc(C)c1CCS(=O)(=O)N1CCC2(CC1)N=C(c1cccc(C(F)(F)F)c1)NC2=O. The number of nitrogens with one attached hydrogen (secondary N) is 4. The number of carbonyl (C=O) groups is 6. The Balaban J connectivity index is 0.000000205. The van der Waals surface area contributed by atoms with Crippen LogP contribution in [-0.4, -0.2) is 127 Å². The number of anilines is 2. The maximum Gasteiger partial charge on any atom is 0.416 e. The Morgan fingerprint density at radius 3 is 1.29 bits per heavy atom. The number of sulfonamides is 2. The first kappa shape index (κ1) is 62.7. The summed E-state index contributed by atoms with van der Waals surface area (Å²) in [6, 6.07) is 14.9. The van der Waals surface area contributed by atoms with Crippen LogP contribution in [0, 0.1) is 27.7 Å². The number of nitrogens with zero attached hydrogens (tertiary/aromatic N) is 6. The van der Waals surface area contributed by atoms with Gasteiger partial charge in [-0.3, -0.25) is 49.6 Å². The number of urea groups is 2. The van der Waals surface area contributed by atoms with E-state index in [1.807, 2.05) is 13.8 Å². The quantitative estimate of drug-likeness (QED) is 0.0860. The minimum Gasteiger partial charge on any atom is -0.308 e.